The van der Waals surface area contributed by atoms with Gasteiger partial charge in [0.05, 0.1) is 0 Å². The summed E-state index contributed by atoms with van der Waals surface area (Å²) < 4.78 is 16.8. The Morgan fingerprint density at radius 2 is 0.559 bits per heavy atom. The van der Waals surface area contributed by atoms with Gasteiger partial charge in [-0.1, -0.05) is 212 Å². The molecular formula is C53H98O6. The summed E-state index contributed by atoms with van der Waals surface area (Å²) in [4.78, 5) is 37.9. The first-order valence-corrected chi connectivity index (χ1v) is 25.8. The summed E-state index contributed by atoms with van der Waals surface area (Å²) in [5.41, 5.74) is 0. The molecule has 0 bridgehead atoms. The molecule has 0 aliphatic heterocycles. The van der Waals surface area contributed by atoms with Gasteiger partial charge >= 0.3 is 17.9 Å². The first-order valence-electron chi connectivity index (χ1n) is 25.8. The summed E-state index contributed by atoms with van der Waals surface area (Å²) in [5, 5.41) is 0. The maximum atomic E-state index is 12.8. The molecule has 0 aromatic rings. The zero-order chi connectivity index (χ0) is 43.0. The van der Waals surface area contributed by atoms with Crippen LogP contribution in [0.15, 0.2) is 24.3 Å². The number of esters is 3. The summed E-state index contributed by atoms with van der Waals surface area (Å²) in [6, 6.07) is 0. The molecule has 59 heavy (non-hydrogen) atoms. The normalized spacial score (nSPS) is 12.1. The van der Waals surface area contributed by atoms with Crippen LogP contribution >= 0.6 is 0 Å². The lowest BCUT2D eigenvalue weighted by molar-refractivity contribution is -0.167. The average Bonchev–Trinajstić information content (AvgIpc) is 3.23. The minimum absolute atomic E-state index is 0.0726. The van der Waals surface area contributed by atoms with E-state index in [9.17, 15) is 14.4 Å². The maximum Gasteiger partial charge on any atom is 0.306 e. The van der Waals surface area contributed by atoms with Crippen LogP contribution in [0, 0.1) is 0 Å². The van der Waals surface area contributed by atoms with Crippen molar-refractivity contribution in [1.82, 2.24) is 0 Å². The number of hydrogen-bond donors (Lipinski definition) is 0. The van der Waals surface area contributed by atoms with Gasteiger partial charge in [0.1, 0.15) is 13.2 Å². The molecule has 0 amide bonds. The maximum absolute atomic E-state index is 12.8. The predicted octanol–water partition coefficient (Wildman–Crippen LogP) is 16.8. The fourth-order valence-electron chi connectivity index (χ4n) is 7.49. The van der Waals surface area contributed by atoms with Crippen LogP contribution in [-0.4, -0.2) is 37.2 Å². The van der Waals surface area contributed by atoms with Crippen molar-refractivity contribution < 1.29 is 28.6 Å². The summed E-state index contributed by atoms with van der Waals surface area (Å²) in [5.74, 6) is -0.873. The van der Waals surface area contributed by atoms with E-state index < -0.39 is 6.10 Å². The van der Waals surface area contributed by atoms with Gasteiger partial charge in [0, 0.05) is 19.3 Å². The second kappa shape index (κ2) is 48.6. The Balaban J connectivity index is 4.35. The Hall–Kier alpha value is -2.11. The summed E-state index contributed by atoms with van der Waals surface area (Å²) in [6.07, 6.45) is 54.4. The van der Waals surface area contributed by atoms with Gasteiger partial charge in [0.25, 0.3) is 0 Å². The average molecular weight is 831 g/mol. The van der Waals surface area contributed by atoms with Gasteiger partial charge in [-0.25, -0.2) is 0 Å². The van der Waals surface area contributed by atoms with Crippen LogP contribution in [0.1, 0.15) is 278 Å². The second-order valence-electron chi connectivity index (χ2n) is 17.4. The van der Waals surface area contributed by atoms with Gasteiger partial charge in [-0.15, -0.1) is 0 Å². The third kappa shape index (κ3) is 46.8. The van der Waals surface area contributed by atoms with Crippen molar-refractivity contribution in [3.63, 3.8) is 0 Å². The van der Waals surface area contributed by atoms with Crippen molar-refractivity contribution in [1.29, 1.82) is 0 Å². The van der Waals surface area contributed by atoms with Gasteiger partial charge in [-0.3, -0.25) is 14.4 Å². The topological polar surface area (TPSA) is 78.9 Å². The second-order valence-corrected chi connectivity index (χ2v) is 17.4. The number of unbranched alkanes of at least 4 members (excludes halogenated alkanes) is 32. The van der Waals surface area contributed by atoms with Crippen LogP contribution in [0.3, 0.4) is 0 Å². The first kappa shape index (κ1) is 56.9. The zero-order valence-corrected chi connectivity index (χ0v) is 39.5. The van der Waals surface area contributed by atoms with Crippen LogP contribution in [0.2, 0.25) is 0 Å². The summed E-state index contributed by atoms with van der Waals surface area (Å²) in [6.45, 7) is 6.61. The highest BCUT2D eigenvalue weighted by atomic mass is 16.6. The van der Waals surface area contributed by atoms with Crippen LogP contribution < -0.4 is 0 Å². The van der Waals surface area contributed by atoms with E-state index in [2.05, 4.69) is 45.1 Å². The van der Waals surface area contributed by atoms with E-state index in [4.69, 9.17) is 14.2 Å². The lowest BCUT2D eigenvalue weighted by Crippen LogP contribution is -2.30. The quantitative estimate of drug-likeness (QED) is 0.0263. The number of ether oxygens (including phenoxy) is 3. The van der Waals surface area contributed by atoms with E-state index >= 15 is 0 Å². The Morgan fingerprint density at radius 3 is 0.898 bits per heavy atom. The molecule has 0 saturated carbocycles. The van der Waals surface area contributed by atoms with Gasteiger partial charge in [-0.05, 0) is 70.6 Å². The van der Waals surface area contributed by atoms with E-state index in [1.807, 2.05) is 0 Å². The fourth-order valence-corrected chi connectivity index (χ4v) is 7.49. The number of allylic oxidation sites excluding steroid dienone is 4. The summed E-state index contributed by atoms with van der Waals surface area (Å²) >= 11 is 0. The number of rotatable bonds is 47. The van der Waals surface area contributed by atoms with Gasteiger partial charge in [0.15, 0.2) is 6.10 Å². The highest BCUT2D eigenvalue weighted by Gasteiger charge is 2.19. The molecule has 1 atom stereocenters. The van der Waals surface area contributed by atoms with E-state index in [0.29, 0.717) is 19.3 Å². The number of hydrogen-bond acceptors (Lipinski definition) is 6. The molecule has 0 spiro atoms. The fraction of sp³-hybridized carbons (Fsp3) is 0.868. The van der Waals surface area contributed by atoms with Gasteiger partial charge in [-0.2, -0.15) is 0 Å². The standard InChI is InChI=1S/C53H98O6/c1-4-7-10-13-16-19-22-25-27-29-31-34-37-40-43-46-52(55)58-49-50(48-57-51(54)45-42-39-36-33-30-24-21-18-15-12-9-6-3)59-53(56)47-44-41-38-35-32-28-26-23-20-17-14-11-8-5-2/h18-19,21-22,50H,4-17,20,23-49H2,1-3H3/b21-18-,22-19-. The van der Waals surface area contributed by atoms with E-state index in [1.165, 1.54) is 173 Å². The Morgan fingerprint density at radius 1 is 0.322 bits per heavy atom. The molecule has 0 heterocycles. The third-order valence-electron chi connectivity index (χ3n) is 11.4. The molecule has 0 fully saturated rings. The molecule has 0 aromatic carbocycles. The molecule has 0 aliphatic carbocycles. The molecule has 346 valence electrons. The van der Waals surface area contributed by atoms with E-state index in [-0.39, 0.29) is 31.1 Å². The first-order chi connectivity index (χ1) is 29.0. The molecular weight excluding hydrogens is 733 g/mol. The SMILES string of the molecule is CCCCC/C=C\CCCCCCCC(=O)OCC(COC(=O)CCCCCCCCC/C=C\CCCCCC)OC(=O)CCCCCCCCCCCCCCCC. The molecule has 0 N–H and O–H groups in total. The smallest absolute Gasteiger partial charge is 0.306 e. The molecule has 6 heteroatoms. The molecule has 0 rings (SSSR count). The van der Waals surface area contributed by atoms with Gasteiger partial charge < -0.3 is 14.2 Å². The van der Waals surface area contributed by atoms with E-state index in [1.54, 1.807) is 0 Å². The van der Waals surface area contributed by atoms with Crippen LogP contribution in [-0.2, 0) is 28.6 Å². The van der Waals surface area contributed by atoms with Crippen molar-refractivity contribution in [2.45, 2.75) is 284 Å². The predicted molar refractivity (Wildman–Crippen MR) is 252 cm³/mol. The van der Waals surface area contributed by atoms with Crippen molar-refractivity contribution in [2.24, 2.45) is 0 Å². The van der Waals surface area contributed by atoms with Crippen LogP contribution in [0.5, 0.6) is 0 Å². The molecule has 0 aliphatic rings. The molecule has 0 saturated heterocycles. The van der Waals surface area contributed by atoms with Crippen molar-refractivity contribution in [2.75, 3.05) is 13.2 Å². The largest absolute Gasteiger partial charge is 0.462 e. The van der Waals surface area contributed by atoms with Crippen LogP contribution in [0.25, 0.3) is 0 Å². The third-order valence-corrected chi connectivity index (χ3v) is 11.4. The molecule has 1 unspecified atom stereocenters. The van der Waals surface area contributed by atoms with Crippen molar-refractivity contribution >= 4 is 17.9 Å². The molecule has 0 radical (unpaired) electrons. The highest BCUT2D eigenvalue weighted by molar-refractivity contribution is 5.71. The Labute approximate surface area is 366 Å². The van der Waals surface area contributed by atoms with E-state index in [0.717, 1.165) is 64.2 Å². The minimum atomic E-state index is -0.770. The molecule has 0 aromatic heterocycles. The van der Waals surface area contributed by atoms with Crippen LogP contribution in [0.4, 0.5) is 0 Å². The zero-order valence-electron chi connectivity index (χ0n) is 39.5. The highest BCUT2D eigenvalue weighted by Crippen LogP contribution is 2.16. The Kier molecular flexibility index (Phi) is 46.8. The monoisotopic (exact) mass is 831 g/mol. The minimum Gasteiger partial charge on any atom is -0.462 e. The van der Waals surface area contributed by atoms with Crippen molar-refractivity contribution in [3.05, 3.63) is 24.3 Å². The van der Waals surface area contributed by atoms with Crippen molar-refractivity contribution in [3.8, 4) is 0 Å². The summed E-state index contributed by atoms with van der Waals surface area (Å²) in [7, 11) is 0. The Bertz CT molecular complexity index is 958. The van der Waals surface area contributed by atoms with Gasteiger partial charge in [0.2, 0.25) is 0 Å². The lowest BCUT2D eigenvalue weighted by atomic mass is 10.0. The number of carbonyl (C=O) groups is 3. The lowest BCUT2D eigenvalue weighted by Gasteiger charge is -2.18. The molecule has 6 nitrogen and oxygen atoms in total. The number of carbonyl (C=O) groups excluding carboxylic acids is 3.